The highest BCUT2D eigenvalue weighted by atomic mass is 15.2. The third-order valence-corrected chi connectivity index (χ3v) is 3.31. The highest BCUT2D eigenvalue weighted by molar-refractivity contribution is 5.80. The van der Waals surface area contributed by atoms with Gasteiger partial charge in [0.25, 0.3) is 0 Å². The number of imidazole rings is 1. The molecule has 2 N–H and O–H groups in total. The number of hydrogen-bond acceptors (Lipinski definition) is 4. The zero-order valence-corrected chi connectivity index (χ0v) is 11.4. The first kappa shape index (κ1) is 12.7. The number of hydrogen-bond donors (Lipinski definition) is 2. The molecule has 0 atom stereocenters. The van der Waals surface area contributed by atoms with E-state index < -0.39 is 0 Å². The highest BCUT2D eigenvalue weighted by Crippen LogP contribution is 2.05. The summed E-state index contributed by atoms with van der Waals surface area (Å²) >= 11 is 0. The minimum Gasteiger partial charge on any atom is -0.356 e. The molecule has 104 valence electrons. The lowest BCUT2D eigenvalue weighted by Gasteiger charge is -2.16. The van der Waals surface area contributed by atoms with E-state index in [1.807, 2.05) is 18.5 Å². The second kappa shape index (κ2) is 6.23. The lowest BCUT2D eigenvalue weighted by molar-refractivity contribution is 0.664. The average molecular weight is 269 g/mol. The van der Waals surface area contributed by atoms with Crippen LogP contribution in [0, 0.1) is 0 Å². The number of benzene rings is 1. The monoisotopic (exact) mass is 269 g/mol. The number of aromatic nitrogens is 2. The van der Waals surface area contributed by atoms with Crippen molar-refractivity contribution in [2.45, 2.75) is 19.5 Å². The predicted molar refractivity (Wildman–Crippen MR) is 79.5 cm³/mol. The quantitative estimate of drug-likeness (QED) is 0.881. The molecule has 0 aliphatic carbocycles. The van der Waals surface area contributed by atoms with Crippen LogP contribution in [0.2, 0.25) is 0 Å². The van der Waals surface area contributed by atoms with Crippen LogP contribution in [0.5, 0.6) is 0 Å². The highest BCUT2D eigenvalue weighted by Gasteiger charge is 2.06. The third-order valence-electron chi connectivity index (χ3n) is 3.31. The van der Waals surface area contributed by atoms with Gasteiger partial charge < -0.3 is 15.2 Å². The molecular weight excluding hydrogens is 250 g/mol. The fourth-order valence-electron chi connectivity index (χ4n) is 2.25. The van der Waals surface area contributed by atoms with Gasteiger partial charge in [-0.1, -0.05) is 30.3 Å². The molecule has 0 fully saturated rings. The van der Waals surface area contributed by atoms with Gasteiger partial charge >= 0.3 is 0 Å². The molecule has 20 heavy (non-hydrogen) atoms. The van der Waals surface area contributed by atoms with E-state index in [1.165, 1.54) is 5.56 Å². The standard InChI is InChI=1S/C15H19N5/c1-2-5-13(6-3-1)12-20-10-9-16-14(20)11-19-15-17-7-4-8-18-15/h1-3,5-6,9-10H,4,7-8,11-12H2,(H2,17,18,19). The van der Waals surface area contributed by atoms with Crippen molar-refractivity contribution in [3.05, 3.63) is 54.1 Å². The lowest BCUT2D eigenvalue weighted by Crippen LogP contribution is -2.40. The van der Waals surface area contributed by atoms with Crippen LogP contribution >= 0.6 is 0 Å². The Morgan fingerprint density at radius 3 is 2.95 bits per heavy atom. The number of aliphatic imine (C=N–C) groups is 1. The van der Waals surface area contributed by atoms with Gasteiger partial charge in [-0.25, -0.2) is 4.98 Å². The Bertz CT molecular complexity index is 573. The van der Waals surface area contributed by atoms with Crippen molar-refractivity contribution in [2.75, 3.05) is 13.1 Å². The summed E-state index contributed by atoms with van der Waals surface area (Å²) in [7, 11) is 0. The number of nitrogens with one attached hydrogen (secondary N) is 2. The van der Waals surface area contributed by atoms with Gasteiger partial charge in [0.2, 0.25) is 0 Å². The molecule has 2 aromatic rings. The van der Waals surface area contributed by atoms with Crippen molar-refractivity contribution >= 4 is 5.96 Å². The minimum atomic E-state index is 0.686. The van der Waals surface area contributed by atoms with Gasteiger partial charge in [0.1, 0.15) is 5.82 Å². The minimum absolute atomic E-state index is 0.686. The molecule has 0 bridgehead atoms. The van der Waals surface area contributed by atoms with Gasteiger partial charge in [-0.05, 0) is 12.0 Å². The predicted octanol–water partition coefficient (Wildman–Crippen LogP) is 1.37. The Balaban J connectivity index is 1.63. The fraction of sp³-hybridized carbons (Fsp3) is 0.333. The van der Waals surface area contributed by atoms with Crippen LogP contribution in [0.15, 0.2) is 47.7 Å². The van der Waals surface area contributed by atoms with Crippen molar-refractivity contribution in [1.82, 2.24) is 20.2 Å². The molecular formula is C15H19N5. The van der Waals surface area contributed by atoms with E-state index in [-0.39, 0.29) is 0 Å². The first-order valence-electron chi connectivity index (χ1n) is 6.98. The van der Waals surface area contributed by atoms with E-state index >= 15 is 0 Å². The summed E-state index contributed by atoms with van der Waals surface area (Å²) in [5.41, 5.74) is 1.28. The molecule has 5 nitrogen and oxygen atoms in total. The van der Waals surface area contributed by atoms with Gasteiger partial charge in [0.05, 0.1) is 6.54 Å². The normalized spacial score (nSPS) is 14.5. The largest absolute Gasteiger partial charge is 0.356 e. The molecule has 1 aliphatic heterocycles. The van der Waals surface area contributed by atoms with E-state index in [2.05, 4.69) is 49.4 Å². The molecule has 2 heterocycles. The Morgan fingerprint density at radius 2 is 2.15 bits per heavy atom. The van der Waals surface area contributed by atoms with E-state index in [9.17, 15) is 0 Å². The summed E-state index contributed by atoms with van der Waals surface area (Å²) < 4.78 is 2.16. The summed E-state index contributed by atoms with van der Waals surface area (Å²) in [5.74, 6) is 1.90. The number of nitrogens with zero attached hydrogens (tertiary/aromatic N) is 3. The molecule has 5 heteroatoms. The van der Waals surface area contributed by atoms with Crippen molar-refractivity contribution in [3.63, 3.8) is 0 Å². The topological polar surface area (TPSA) is 54.2 Å². The molecule has 1 aromatic heterocycles. The molecule has 0 spiro atoms. The molecule has 0 saturated carbocycles. The van der Waals surface area contributed by atoms with E-state index in [0.717, 1.165) is 37.8 Å². The smallest absolute Gasteiger partial charge is 0.191 e. The summed E-state index contributed by atoms with van der Waals surface area (Å²) in [6.07, 6.45) is 4.96. The van der Waals surface area contributed by atoms with Crippen LogP contribution < -0.4 is 10.6 Å². The number of guanidine groups is 1. The van der Waals surface area contributed by atoms with Crippen LogP contribution in [0.4, 0.5) is 0 Å². The summed E-state index contributed by atoms with van der Waals surface area (Å²) in [5, 5.41) is 6.56. The van der Waals surface area contributed by atoms with Crippen LogP contribution in [0.1, 0.15) is 17.8 Å². The average Bonchev–Trinajstić information content (AvgIpc) is 2.94. The van der Waals surface area contributed by atoms with Gasteiger partial charge in [-0.3, -0.25) is 4.99 Å². The van der Waals surface area contributed by atoms with Crippen LogP contribution in [0.3, 0.4) is 0 Å². The maximum absolute atomic E-state index is 4.41. The Morgan fingerprint density at radius 1 is 1.25 bits per heavy atom. The Hall–Kier alpha value is -2.30. The molecule has 0 amide bonds. The lowest BCUT2D eigenvalue weighted by atomic mass is 10.2. The second-order valence-electron chi connectivity index (χ2n) is 4.82. The van der Waals surface area contributed by atoms with Crippen molar-refractivity contribution in [3.8, 4) is 0 Å². The van der Waals surface area contributed by atoms with Crippen LogP contribution in [-0.2, 0) is 13.1 Å². The van der Waals surface area contributed by atoms with Crippen molar-refractivity contribution < 1.29 is 0 Å². The van der Waals surface area contributed by atoms with Crippen LogP contribution in [0.25, 0.3) is 0 Å². The SMILES string of the molecule is c1ccc(Cn2ccnc2CNC2=NCCCN2)cc1. The van der Waals surface area contributed by atoms with E-state index in [1.54, 1.807) is 0 Å². The number of rotatable bonds is 4. The summed E-state index contributed by atoms with van der Waals surface area (Å²) in [6.45, 7) is 3.42. The Kier molecular flexibility index (Phi) is 3.96. The molecule has 0 unspecified atom stereocenters. The maximum atomic E-state index is 4.41. The third kappa shape index (κ3) is 3.17. The van der Waals surface area contributed by atoms with E-state index in [4.69, 9.17) is 0 Å². The fourth-order valence-corrected chi connectivity index (χ4v) is 2.25. The first-order chi connectivity index (χ1) is 9.92. The van der Waals surface area contributed by atoms with Gasteiger partial charge in [-0.15, -0.1) is 0 Å². The summed E-state index contributed by atoms with van der Waals surface area (Å²) in [4.78, 5) is 8.81. The second-order valence-corrected chi connectivity index (χ2v) is 4.82. The zero-order chi connectivity index (χ0) is 13.6. The molecule has 0 saturated heterocycles. The Labute approximate surface area is 118 Å². The molecule has 0 radical (unpaired) electrons. The molecule has 1 aliphatic rings. The van der Waals surface area contributed by atoms with E-state index in [0.29, 0.717) is 6.54 Å². The zero-order valence-electron chi connectivity index (χ0n) is 11.4. The molecule has 3 rings (SSSR count). The van der Waals surface area contributed by atoms with Gasteiger partial charge in [0.15, 0.2) is 5.96 Å². The maximum Gasteiger partial charge on any atom is 0.191 e. The van der Waals surface area contributed by atoms with Crippen molar-refractivity contribution in [2.24, 2.45) is 4.99 Å². The van der Waals surface area contributed by atoms with Gasteiger partial charge in [0, 0.05) is 32.0 Å². The van der Waals surface area contributed by atoms with Crippen molar-refractivity contribution in [1.29, 1.82) is 0 Å². The van der Waals surface area contributed by atoms with Gasteiger partial charge in [-0.2, -0.15) is 0 Å². The first-order valence-corrected chi connectivity index (χ1v) is 6.98. The molecule has 1 aromatic carbocycles. The summed E-state index contributed by atoms with van der Waals surface area (Å²) in [6, 6.07) is 10.4. The van der Waals surface area contributed by atoms with Crippen LogP contribution in [-0.4, -0.2) is 28.6 Å².